The predicted molar refractivity (Wildman–Crippen MR) is 103 cm³/mol. The van der Waals surface area contributed by atoms with E-state index < -0.39 is 16.8 Å². The van der Waals surface area contributed by atoms with E-state index >= 15 is 0 Å². The zero-order valence-corrected chi connectivity index (χ0v) is 14.5. The van der Waals surface area contributed by atoms with Gasteiger partial charge in [0.15, 0.2) is 5.39 Å². The van der Waals surface area contributed by atoms with Gasteiger partial charge in [-0.25, -0.2) is 4.79 Å². The van der Waals surface area contributed by atoms with Crippen LogP contribution in [0.15, 0.2) is 71.6 Å². The van der Waals surface area contributed by atoms with Crippen molar-refractivity contribution in [1.29, 1.82) is 0 Å². The van der Waals surface area contributed by atoms with Crippen LogP contribution in [-0.2, 0) is 0 Å². The van der Waals surface area contributed by atoms with Gasteiger partial charge in [-0.1, -0.05) is 0 Å². The van der Waals surface area contributed by atoms with Crippen LogP contribution in [0.25, 0.3) is 44.2 Å². The third kappa shape index (κ3) is 2.43. The van der Waals surface area contributed by atoms with Crippen LogP contribution < -0.4 is 11.1 Å². The Morgan fingerprint density at radius 3 is 2.17 bits per heavy atom. The van der Waals surface area contributed by atoms with Gasteiger partial charge >= 0.3 is 11.4 Å². The monoisotopic (exact) mass is 391 g/mol. The van der Waals surface area contributed by atoms with E-state index in [-0.39, 0.29) is 55.7 Å². The molecule has 3 N–H and O–H groups in total. The van der Waals surface area contributed by atoms with Crippen LogP contribution in [0, 0.1) is 0 Å². The number of aromatic hydroxyl groups is 3. The van der Waals surface area contributed by atoms with Gasteiger partial charge in [0.1, 0.15) is 28.4 Å². The summed E-state index contributed by atoms with van der Waals surface area (Å²) in [6, 6.07) is 9.27. The molecular weight excluding hydrogens is 380 g/mol. The second-order valence-corrected chi connectivity index (χ2v) is 6.40. The molecule has 29 heavy (non-hydrogen) atoms. The van der Waals surface area contributed by atoms with Crippen LogP contribution in [0.5, 0.6) is 17.2 Å². The van der Waals surface area contributed by atoms with Crippen molar-refractivity contribution in [3.8, 4) is 28.4 Å². The van der Waals surface area contributed by atoms with Gasteiger partial charge in [0.25, 0.3) is 5.58 Å². The normalized spacial score (nSPS) is 11.4. The molecule has 0 fully saturated rings. The molecule has 0 amide bonds. The molecule has 8 nitrogen and oxygen atoms in total. The minimum absolute atomic E-state index is 0.00543. The summed E-state index contributed by atoms with van der Waals surface area (Å²) in [4.78, 5) is 25.7. The second kappa shape index (κ2) is 5.83. The zero-order valence-electron chi connectivity index (χ0n) is 14.5. The predicted octanol–water partition coefficient (Wildman–Crippen LogP) is 3.71. The average Bonchev–Trinajstić information content (AvgIpc) is 2.67. The number of phenols is 2. The Kier molecular flexibility index (Phi) is 3.38. The third-order valence-electron chi connectivity index (χ3n) is 4.66. The summed E-state index contributed by atoms with van der Waals surface area (Å²) in [6.07, 6.45) is 1.20. The molecule has 0 aliphatic heterocycles. The number of fused-ring (bicyclic) bond motifs is 3. The maximum atomic E-state index is 13.1. The van der Waals surface area contributed by atoms with E-state index in [4.69, 9.17) is 13.3 Å². The summed E-state index contributed by atoms with van der Waals surface area (Å²) in [6.45, 7) is 0. The molecule has 3 aromatic heterocycles. The van der Waals surface area contributed by atoms with E-state index in [2.05, 4.69) is 0 Å². The summed E-state index contributed by atoms with van der Waals surface area (Å²) in [5.74, 6) is -0.816. The maximum absolute atomic E-state index is 13.1. The van der Waals surface area contributed by atoms with Crippen molar-refractivity contribution in [1.82, 2.24) is 0 Å². The molecule has 0 saturated carbocycles. The van der Waals surface area contributed by atoms with Gasteiger partial charge in [-0.2, -0.15) is 0 Å². The first kappa shape index (κ1) is 16.8. The highest BCUT2D eigenvalue weighted by Gasteiger charge is 2.26. The minimum Gasteiger partial charge on any atom is -0.508 e. The Morgan fingerprint density at radius 2 is 1.45 bits per heavy atom. The molecule has 2 aromatic carbocycles. The van der Waals surface area contributed by atoms with Crippen molar-refractivity contribution in [3.63, 3.8) is 0 Å². The molecule has 0 aliphatic rings. The van der Waals surface area contributed by atoms with Gasteiger partial charge in [-0.05, 0) is 24.3 Å². The highest BCUT2D eigenvalue weighted by Crippen LogP contribution is 2.37. The molecule has 0 aliphatic carbocycles. The van der Waals surface area contributed by atoms with E-state index in [1.807, 2.05) is 0 Å². The molecule has 142 valence electrons. The summed E-state index contributed by atoms with van der Waals surface area (Å²) < 4.78 is 16.1. The van der Waals surface area contributed by atoms with Gasteiger partial charge in [0, 0.05) is 17.7 Å². The third-order valence-corrected chi connectivity index (χ3v) is 4.66. The first-order valence-corrected chi connectivity index (χ1v) is 8.43. The van der Waals surface area contributed by atoms with Gasteiger partial charge in [0.2, 0.25) is 11.7 Å². The number of rotatable bonds is 1. The Hall–Kier alpha value is -4.33. The fourth-order valence-corrected chi connectivity index (χ4v) is 3.34. The highest BCUT2D eigenvalue weighted by molar-refractivity contribution is 6.00. The van der Waals surface area contributed by atoms with Crippen LogP contribution in [0.3, 0.4) is 0 Å². The first-order chi connectivity index (χ1) is 13.9. The molecule has 5 rings (SSSR count). The molecule has 0 radical (unpaired) electrons. The Bertz CT molecular complexity index is 1580. The second-order valence-electron chi connectivity index (χ2n) is 6.40. The van der Waals surface area contributed by atoms with Crippen molar-refractivity contribution >= 4 is 33.1 Å². The van der Waals surface area contributed by atoms with E-state index in [0.717, 1.165) is 0 Å². The average molecular weight is 391 g/mol. The summed E-state index contributed by atoms with van der Waals surface area (Å²) in [7, 11) is 0. The van der Waals surface area contributed by atoms with Crippen LogP contribution in [0.2, 0.25) is 0 Å². The molecule has 0 atom stereocenters. The fraction of sp³-hybridized carbons (Fsp3) is 0. The lowest BCUT2D eigenvalue weighted by Gasteiger charge is -2.07. The molecule has 0 saturated heterocycles. The van der Waals surface area contributed by atoms with E-state index in [9.17, 15) is 24.9 Å². The lowest BCUT2D eigenvalue weighted by Crippen LogP contribution is -2.08. The van der Waals surface area contributed by atoms with Gasteiger partial charge < -0.3 is 19.7 Å². The molecule has 0 bridgehead atoms. The number of hydrogen-bond acceptors (Lipinski definition) is 7. The van der Waals surface area contributed by atoms with E-state index in [1.165, 1.54) is 48.7 Å². The Labute approximate surface area is 160 Å². The first-order valence-electron chi connectivity index (χ1n) is 8.43. The quantitative estimate of drug-likeness (QED) is 0.224. The smallest absolute Gasteiger partial charge is 0.508 e. The highest BCUT2D eigenvalue weighted by atomic mass is 16.5. The molecule has 0 spiro atoms. The van der Waals surface area contributed by atoms with Gasteiger partial charge in [-0.3, -0.25) is 13.6 Å². The SMILES string of the molecule is O=c1oc2cc(O)ccc2c(O)c1-c1cc[o+]c2oc3cc(O)ccc3c(=O)c12. The molecular formula is C21H11O8+. The van der Waals surface area contributed by atoms with Crippen molar-refractivity contribution < 1.29 is 28.6 Å². The van der Waals surface area contributed by atoms with Gasteiger partial charge in [-0.15, -0.1) is 0 Å². The molecule has 8 heteroatoms. The van der Waals surface area contributed by atoms with E-state index in [0.29, 0.717) is 0 Å². The molecule has 5 aromatic rings. The summed E-state index contributed by atoms with van der Waals surface area (Å²) in [5.41, 5.74) is -1.49. The van der Waals surface area contributed by atoms with Crippen LogP contribution >= 0.6 is 0 Å². The van der Waals surface area contributed by atoms with Crippen LogP contribution in [-0.4, -0.2) is 15.3 Å². The number of phenolic OH excluding ortho intramolecular Hbond substituents is 2. The largest absolute Gasteiger partial charge is 0.536 e. The Morgan fingerprint density at radius 1 is 0.793 bits per heavy atom. The van der Waals surface area contributed by atoms with Crippen molar-refractivity contribution in [2.75, 3.05) is 0 Å². The maximum Gasteiger partial charge on any atom is 0.536 e. The van der Waals surface area contributed by atoms with Crippen molar-refractivity contribution in [3.05, 3.63) is 69.4 Å². The number of hydrogen-bond donors (Lipinski definition) is 3. The van der Waals surface area contributed by atoms with Crippen LogP contribution in [0.1, 0.15) is 0 Å². The lowest BCUT2D eigenvalue weighted by atomic mass is 10.0. The fourth-order valence-electron chi connectivity index (χ4n) is 3.34. The number of benzene rings is 2. The van der Waals surface area contributed by atoms with E-state index in [1.54, 1.807) is 0 Å². The summed E-state index contributed by atoms with van der Waals surface area (Å²) in [5, 5.41) is 30.2. The molecule has 3 heterocycles. The Balaban J connectivity index is 1.94. The lowest BCUT2D eigenvalue weighted by molar-refractivity contribution is 0.464. The van der Waals surface area contributed by atoms with Crippen molar-refractivity contribution in [2.45, 2.75) is 0 Å². The minimum atomic E-state index is -0.904. The van der Waals surface area contributed by atoms with Crippen molar-refractivity contribution in [2.24, 2.45) is 0 Å². The van der Waals surface area contributed by atoms with Crippen LogP contribution in [0.4, 0.5) is 0 Å². The molecule has 0 unspecified atom stereocenters. The topological polar surface area (TPSA) is 132 Å². The zero-order chi connectivity index (χ0) is 20.3. The summed E-state index contributed by atoms with van der Waals surface area (Å²) >= 11 is 0. The standard InChI is InChI=1S/C21H10O8/c22-9-1-3-11-14(7-9)28-20(26)16(18(11)24)13-5-6-27-21-17(13)19(25)12-4-2-10(23)8-15(12)29-21/h1-8H,(H2-,22,23,24,25,26)/p+1. The van der Waals surface area contributed by atoms with Gasteiger partial charge in [0.05, 0.1) is 16.8 Å².